The van der Waals surface area contributed by atoms with Crippen molar-refractivity contribution in [3.63, 3.8) is 0 Å². The normalized spacial score (nSPS) is 17.6. The van der Waals surface area contributed by atoms with Crippen molar-refractivity contribution in [1.29, 1.82) is 5.26 Å². The molecule has 0 saturated heterocycles. The van der Waals surface area contributed by atoms with E-state index in [0.717, 1.165) is 0 Å². The van der Waals surface area contributed by atoms with Crippen LogP contribution < -0.4 is 5.32 Å². The van der Waals surface area contributed by atoms with E-state index in [2.05, 4.69) is 18.0 Å². The number of nitro benzene ring substituents is 1. The number of thioether (sulfide) groups is 1. The molecule has 22 heavy (non-hydrogen) atoms. The lowest BCUT2D eigenvalue weighted by atomic mass is 9.87. The maximum absolute atomic E-state index is 11.9. The van der Waals surface area contributed by atoms with Gasteiger partial charge in [0.05, 0.1) is 21.6 Å². The number of non-ortho nitro benzene ring substituents is 1. The lowest BCUT2D eigenvalue weighted by Crippen LogP contribution is -2.30. The van der Waals surface area contributed by atoms with Crippen LogP contribution in [0.4, 0.5) is 5.69 Å². The number of allylic oxidation sites excluding steroid dienone is 1. The van der Waals surface area contributed by atoms with E-state index in [9.17, 15) is 20.2 Å². The van der Waals surface area contributed by atoms with Gasteiger partial charge in [-0.3, -0.25) is 14.9 Å². The molecule has 0 radical (unpaired) electrons. The first kappa shape index (κ1) is 15.8. The predicted octanol–water partition coefficient (Wildman–Crippen LogP) is 2.85. The maximum Gasteiger partial charge on any atom is 0.269 e. The van der Waals surface area contributed by atoms with Crippen molar-refractivity contribution >= 4 is 23.4 Å². The highest BCUT2D eigenvalue weighted by molar-refractivity contribution is 8.03. The summed E-state index contributed by atoms with van der Waals surface area (Å²) in [5.41, 5.74) is 0.963. The zero-order valence-electron chi connectivity index (χ0n) is 11.6. The molecule has 0 aromatic heterocycles. The Morgan fingerprint density at radius 2 is 2.36 bits per heavy atom. The number of nitriles is 1. The number of nitrogens with one attached hydrogen (secondary N) is 1. The Morgan fingerprint density at radius 3 is 3.00 bits per heavy atom. The molecule has 7 heteroatoms. The van der Waals surface area contributed by atoms with Gasteiger partial charge < -0.3 is 5.32 Å². The first-order chi connectivity index (χ1) is 10.6. The van der Waals surface area contributed by atoms with E-state index in [1.54, 1.807) is 18.2 Å². The third-order valence-corrected chi connectivity index (χ3v) is 4.20. The van der Waals surface area contributed by atoms with Crippen LogP contribution in [0.2, 0.25) is 0 Å². The second-order valence-electron chi connectivity index (χ2n) is 4.61. The molecule has 0 saturated carbocycles. The second-order valence-corrected chi connectivity index (χ2v) is 5.64. The largest absolute Gasteiger partial charge is 0.320 e. The van der Waals surface area contributed by atoms with Gasteiger partial charge in [0.1, 0.15) is 0 Å². The molecule has 2 rings (SSSR count). The lowest BCUT2D eigenvalue weighted by Gasteiger charge is -2.24. The first-order valence-corrected chi connectivity index (χ1v) is 7.47. The predicted molar refractivity (Wildman–Crippen MR) is 83.9 cm³/mol. The van der Waals surface area contributed by atoms with Crippen molar-refractivity contribution in [2.24, 2.45) is 0 Å². The highest BCUT2D eigenvalue weighted by Gasteiger charge is 2.30. The second kappa shape index (κ2) is 6.91. The first-order valence-electron chi connectivity index (χ1n) is 6.49. The Bertz CT molecular complexity index is 706. The van der Waals surface area contributed by atoms with E-state index in [1.807, 2.05) is 0 Å². The molecular formula is C15H13N3O3S. The van der Waals surface area contributed by atoms with Gasteiger partial charge >= 0.3 is 0 Å². The minimum absolute atomic E-state index is 0.0546. The maximum atomic E-state index is 11.9. The molecule has 1 unspecified atom stereocenters. The van der Waals surface area contributed by atoms with Crippen molar-refractivity contribution in [3.05, 3.63) is 63.2 Å². The fourth-order valence-electron chi connectivity index (χ4n) is 2.22. The third kappa shape index (κ3) is 3.35. The van der Waals surface area contributed by atoms with Gasteiger partial charge in [-0.1, -0.05) is 18.2 Å². The number of hydrogen-bond donors (Lipinski definition) is 1. The van der Waals surface area contributed by atoms with Crippen molar-refractivity contribution < 1.29 is 9.72 Å². The summed E-state index contributed by atoms with van der Waals surface area (Å²) in [6.45, 7) is 3.61. The van der Waals surface area contributed by atoms with Gasteiger partial charge in [0.15, 0.2) is 0 Å². The Balaban J connectivity index is 2.45. The minimum Gasteiger partial charge on any atom is -0.320 e. The van der Waals surface area contributed by atoms with Crippen LogP contribution in [0.25, 0.3) is 0 Å². The Morgan fingerprint density at radius 1 is 1.59 bits per heavy atom. The molecule has 1 aliphatic rings. The van der Waals surface area contributed by atoms with Gasteiger partial charge in [-0.05, 0) is 5.56 Å². The van der Waals surface area contributed by atoms with Crippen LogP contribution >= 0.6 is 11.8 Å². The van der Waals surface area contributed by atoms with Crippen LogP contribution in [0, 0.1) is 21.4 Å². The Hall–Kier alpha value is -2.59. The van der Waals surface area contributed by atoms with Crippen molar-refractivity contribution in [3.8, 4) is 6.07 Å². The van der Waals surface area contributed by atoms with E-state index in [-0.39, 0.29) is 18.0 Å². The van der Waals surface area contributed by atoms with E-state index in [4.69, 9.17) is 0 Å². The summed E-state index contributed by atoms with van der Waals surface area (Å²) in [5, 5.41) is 23.5. The summed E-state index contributed by atoms with van der Waals surface area (Å²) in [5.74, 6) is -0.115. The molecule has 0 bridgehead atoms. The molecule has 0 aliphatic carbocycles. The fraction of sp³-hybridized carbons (Fsp3) is 0.200. The summed E-state index contributed by atoms with van der Waals surface area (Å²) >= 11 is 1.32. The summed E-state index contributed by atoms with van der Waals surface area (Å²) in [6, 6.07) is 8.18. The smallest absolute Gasteiger partial charge is 0.269 e. The lowest BCUT2D eigenvalue weighted by molar-refractivity contribution is -0.384. The van der Waals surface area contributed by atoms with Gasteiger partial charge in [0.25, 0.3) is 5.69 Å². The zero-order valence-corrected chi connectivity index (χ0v) is 12.4. The molecule has 1 N–H and O–H groups in total. The number of carbonyl (C=O) groups is 1. The Kier molecular flexibility index (Phi) is 4.96. The van der Waals surface area contributed by atoms with E-state index >= 15 is 0 Å². The summed E-state index contributed by atoms with van der Waals surface area (Å²) in [7, 11) is 0. The molecule has 6 nitrogen and oxygen atoms in total. The standard InChI is InChI=1S/C15H13N3O3S/c1-2-6-22-15-13(9-16)12(8-14(19)17-15)10-4-3-5-11(7-10)18(20)21/h2-5,7,12H,1,6,8H2,(H,17,19). The molecule has 112 valence electrons. The average molecular weight is 315 g/mol. The van der Waals surface area contributed by atoms with E-state index in [0.29, 0.717) is 21.9 Å². The summed E-state index contributed by atoms with van der Waals surface area (Å²) < 4.78 is 0. The van der Waals surface area contributed by atoms with Crippen LogP contribution in [0.3, 0.4) is 0 Å². The number of benzene rings is 1. The third-order valence-electron chi connectivity index (χ3n) is 3.18. The molecule has 0 fully saturated rings. The van der Waals surface area contributed by atoms with E-state index in [1.165, 1.54) is 23.9 Å². The van der Waals surface area contributed by atoms with Gasteiger partial charge in [0, 0.05) is 30.2 Å². The van der Waals surface area contributed by atoms with Crippen LogP contribution in [-0.2, 0) is 4.79 Å². The van der Waals surface area contributed by atoms with Gasteiger partial charge in [-0.15, -0.1) is 18.3 Å². The zero-order chi connectivity index (χ0) is 16.1. The molecular weight excluding hydrogens is 302 g/mol. The van der Waals surface area contributed by atoms with Crippen molar-refractivity contribution in [2.75, 3.05) is 5.75 Å². The topological polar surface area (TPSA) is 96.0 Å². The van der Waals surface area contributed by atoms with Gasteiger partial charge in [0.2, 0.25) is 5.91 Å². The number of hydrogen-bond acceptors (Lipinski definition) is 5. The van der Waals surface area contributed by atoms with Gasteiger partial charge in [-0.2, -0.15) is 5.26 Å². The number of amides is 1. The number of nitrogens with zero attached hydrogens (tertiary/aromatic N) is 2. The van der Waals surface area contributed by atoms with Crippen molar-refractivity contribution in [2.45, 2.75) is 12.3 Å². The summed E-state index contributed by atoms with van der Waals surface area (Å²) in [4.78, 5) is 22.3. The fourth-order valence-corrected chi connectivity index (χ4v) is 3.03. The molecule has 1 aromatic carbocycles. The van der Waals surface area contributed by atoms with Crippen LogP contribution in [0.5, 0.6) is 0 Å². The molecule has 1 atom stereocenters. The number of nitro groups is 1. The monoisotopic (exact) mass is 315 g/mol. The van der Waals surface area contributed by atoms with Crippen molar-refractivity contribution in [1.82, 2.24) is 5.32 Å². The van der Waals surface area contributed by atoms with Crippen LogP contribution in [-0.4, -0.2) is 16.6 Å². The highest BCUT2D eigenvalue weighted by atomic mass is 32.2. The molecule has 1 amide bonds. The molecule has 0 spiro atoms. The Labute approximate surface area is 131 Å². The minimum atomic E-state index is -0.491. The van der Waals surface area contributed by atoms with Gasteiger partial charge in [-0.25, -0.2) is 0 Å². The highest BCUT2D eigenvalue weighted by Crippen LogP contribution is 2.36. The average Bonchev–Trinajstić information content (AvgIpc) is 2.52. The quantitative estimate of drug-likeness (QED) is 0.512. The SMILES string of the molecule is C=CCSC1=C(C#N)C(c2cccc([N+](=O)[O-])c2)CC(=O)N1. The summed E-state index contributed by atoms with van der Waals surface area (Å²) in [6.07, 6.45) is 1.78. The molecule has 1 aliphatic heterocycles. The van der Waals surface area contributed by atoms with Crippen LogP contribution in [0.1, 0.15) is 17.9 Å². The van der Waals surface area contributed by atoms with E-state index < -0.39 is 10.8 Å². The molecule has 1 aromatic rings. The van der Waals surface area contributed by atoms with Crippen LogP contribution in [0.15, 0.2) is 47.5 Å². The number of carbonyl (C=O) groups excluding carboxylic acids is 1. The molecule has 1 heterocycles. The number of rotatable bonds is 5.